The molecule has 0 saturated heterocycles. The van der Waals surface area contributed by atoms with E-state index < -0.39 is 22.0 Å². The quantitative estimate of drug-likeness (QED) is 0.163. The largest absolute Gasteiger partial charge is 0.497 e. The van der Waals surface area contributed by atoms with Gasteiger partial charge in [0.25, 0.3) is 11.8 Å². The first-order chi connectivity index (χ1) is 21.1. The summed E-state index contributed by atoms with van der Waals surface area (Å²) >= 11 is 0. The maximum atomic E-state index is 12.8. The number of anilines is 2. The maximum absolute atomic E-state index is 12.8. The van der Waals surface area contributed by atoms with E-state index in [2.05, 4.69) is 15.8 Å². The minimum Gasteiger partial charge on any atom is -0.497 e. The van der Waals surface area contributed by atoms with Gasteiger partial charge >= 0.3 is 0 Å². The highest BCUT2D eigenvalue weighted by Gasteiger charge is 2.29. The fourth-order valence-electron chi connectivity index (χ4n) is 4.03. The van der Waals surface area contributed by atoms with Crippen LogP contribution in [0.2, 0.25) is 0 Å². The number of methoxy groups -OCH3 is 1. The van der Waals surface area contributed by atoms with Gasteiger partial charge in [0, 0.05) is 5.69 Å². The molecule has 0 unspecified atom stereocenters. The molecule has 0 heterocycles. The van der Waals surface area contributed by atoms with Gasteiger partial charge in [-0.15, -0.1) is 0 Å². The smallest absolute Gasteiger partial charge is 0.263 e. The Morgan fingerprint density at radius 1 is 0.841 bits per heavy atom. The van der Waals surface area contributed by atoms with Crippen LogP contribution in [0.1, 0.15) is 12.5 Å². The second-order valence-corrected chi connectivity index (χ2v) is 11.4. The van der Waals surface area contributed by atoms with Crippen molar-refractivity contribution in [3.8, 4) is 23.0 Å². The molecule has 0 radical (unpaired) electrons. The fraction of sp³-hybridized carbons (Fsp3) is 0.156. The van der Waals surface area contributed by atoms with E-state index in [9.17, 15) is 18.0 Å². The fourth-order valence-corrected chi connectivity index (χ4v) is 5.20. The topological polar surface area (TPSA) is 136 Å². The number of carbonyl (C=O) groups is 2. The number of rotatable bonds is 13. The maximum Gasteiger partial charge on any atom is 0.263 e. The van der Waals surface area contributed by atoms with E-state index in [1.807, 2.05) is 18.2 Å². The molecule has 44 heavy (non-hydrogen) atoms. The molecule has 228 valence electrons. The summed E-state index contributed by atoms with van der Waals surface area (Å²) in [6, 6.07) is 28.1. The highest BCUT2D eigenvalue weighted by Crippen LogP contribution is 2.27. The Morgan fingerprint density at radius 3 is 2.05 bits per heavy atom. The van der Waals surface area contributed by atoms with Gasteiger partial charge in [0.15, 0.2) is 6.61 Å². The number of nitrogens with one attached hydrogen (secondary N) is 2. The number of hydrogen-bond donors (Lipinski definition) is 2. The van der Waals surface area contributed by atoms with E-state index in [4.69, 9.17) is 14.2 Å². The Kier molecular flexibility index (Phi) is 10.5. The number of nitrogens with zero attached hydrogens (tertiary/aromatic N) is 2. The monoisotopic (exact) mass is 616 g/mol. The van der Waals surface area contributed by atoms with Crippen LogP contribution in [0.4, 0.5) is 11.4 Å². The molecule has 0 bridgehead atoms. The highest BCUT2D eigenvalue weighted by molar-refractivity contribution is 7.92. The lowest BCUT2D eigenvalue weighted by atomic mass is 10.2. The molecule has 2 N–H and O–H groups in total. The van der Waals surface area contributed by atoms with Crippen molar-refractivity contribution in [1.82, 2.24) is 5.43 Å². The van der Waals surface area contributed by atoms with Crippen LogP contribution in [-0.2, 0) is 19.6 Å². The van der Waals surface area contributed by atoms with Crippen molar-refractivity contribution in [2.75, 3.05) is 29.6 Å². The Hall–Kier alpha value is -5.36. The second-order valence-electron chi connectivity index (χ2n) is 9.51. The van der Waals surface area contributed by atoms with Crippen LogP contribution in [0.5, 0.6) is 23.0 Å². The highest BCUT2D eigenvalue weighted by atomic mass is 32.2. The first-order valence-electron chi connectivity index (χ1n) is 13.4. The molecular formula is C32H32N4O7S. The van der Waals surface area contributed by atoms with Crippen molar-refractivity contribution in [3.05, 3.63) is 109 Å². The number of sulfonamides is 1. The van der Waals surface area contributed by atoms with E-state index in [0.717, 1.165) is 10.6 Å². The lowest BCUT2D eigenvalue weighted by Gasteiger charge is -2.27. The molecule has 11 nitrogen and oxygen atoms in total. The minimum absolute atomic E-state index is 0.187. The van der Waals surface area contributed by atoms with Gasteiger partial charge in [-0.3, -0.25) is 13.9 Å². The van der Waals surface area contributed by atoms with E-state index >= 15 is 0 Å². The molecular weight excluding hydrogens is 584 g/mol. The minimum atomic E-state index is -3.82. The van der Waals surface area contributed by atoms with Gasteiger partial charge in [0.2, 0.25) is 10.0 Å². The summed E-state index contributed by atoms with van der Waals surface area (Å²) in [7, 11) is -2.25. The summed E-state index contributed by atoms with van der Waals surface area (Å²) in [5, 5.41) is 6.70. The lowest BCUT2D eigenvalue weighted by Crippen LogP contribution is -2.46. The average molecular weight is 617 g/mol. The number of para-hydroxylation sites is 1. The first-order valence-corrected chi connectivity index (χ1v) is 15.3. The third-order valence-corrected chi connectivity index (χ3v) is 7.41. The van der Waals surface area contributed by atoms with Gasteiger partial charge in [-0.2, -0.15) is 5.10 Å². The summed E-state index contributed by atoms with van der Waals surface area (Å²) in [6.07, 6.45) is 2.44. The van der Waals surface area contributed by atoms with Crippen LogP contribution in [0.15, 0.2) is 108 Å². The van der Waals surface area contributed by atoms with Crippen molar-refractivity contribution in [3.63, 3.8) is 0 Å². The standard InChI is InChI=1S/C32H32N4O7S/c1-23(36(44(3,39)40)26-13-19-30(20-14-26)43-29-7-5-4-6-8-29)32(38)35-33-21-24-9-15-28(16-10-24)42-22-31(37)34-25-11-17-27(41-2)18-12-25/h4-21,23H,22H2,1-3H3,(H,34,37)(H,35,38)/b33-21-/t23-/m0/s1. The molecule has 0 aliphatic rings. The SMILES string of the molecule is COc1ccc(NC(=O)COc2ccc(/C=N\NC(=O)[C@H](C)N(c3ccc(Oc4ccccc4)cc3)S(C)(=O)=O)cc2)cc1. The molecule has 0 spiro atoms. The van der Waals surface area contributed by atoms with Gasteiger partial charge in [-0.1, -0.05) is 18.2 Å². The predicted molar refractivity (Wildman–Crippen MR) is 169 cm³/mol. The Labute approximate surface area is 256 Å². The Balaban J connectivity index is 1.29. The molecule has 0 fully saturated rings. The van der Waals surface area contributed by atoms with Crippen LogP contribution < -0.4 is 29.3 Å². The number of hydrogen-bond acceptors (Lipinski definition) is 8. The molecule has 0 saturated carbocycles. The number of carbonyl (C=O) groups excluding carboxylic acids is 2. The molecule has 12 heteroatoms. The summed E-state index contributed by atoms with van der Waals surface area (Å²) in [5.41, 5.74) is 3.95. The Morgan fingerprint density at radius 2 is 1.43 bits per heavy atom. The van der Waals surface area contributed by atoms with Crippen LogP contribution >= 0.6 is 0 Å². The van der Waals surface area contributed by atoms with E-state index in [0.29, 0.717) is 39.9 Å². The number of benzene rings is 4. The second kappa shape index (κ2) is 14.7. The molecule has 2 amide bonds. The lowest BCUT2D eigenvalue weighted by molar-refractivity contribution is -0.121. The Bertz CT molecular complexity index is 1680. The zero-order chi connectivity index (χ0) is 31.5. The molecule has 4 aromatic carbocycles. The normalized spacial score (nSPS) is 11.8. The van der Waals surface area contributed by atoms with Crippen molar-refractivity contribution in [1.29, 1.82) is 0 Å². The zero-order valence-corrected chi connectivity index (χ0v) is 25.2. The number of amides is 2. The van der Waals surface area contributed by atoms with Gasteiger partial charge in [-0.25, -0.2) is 13.8 Å². The summed E-state index contributed by atoms with van der Waals surface area (Å²) in [6.45, 7) is 1.28. The molecule has 0 aliphatic heterocycles. The number of ether oxygens (including phenoxy) is 3. The van der Waals surface area contributed by atoms with Crippen molar-refractivity contribution >= 4 is 39.4 Å². The molecule has 1 atom stereocenters. The zero-order valence-electron chi connectivity index (χ0n) is 24.3. The van der Waals surface area contributed by atoms with E-state index in [1.165, 1.54) is 13.1 Å². The van der Waals surface area contributed by atoms with E-state index in [-0.39, 0.29) is 12.5 Å². The van der Waals surface area contributed by atoms with Crippen LogP contribution in [-0.4, -0.2) is 52.5 Å². The number of hydrazone groups is 1. The summed E-state index contributed by atoms with van der Waals surface area (Å²) < 4.78 is 42.7. The van der Waals surface area contributed by atoms with Crippen LogP contribution in [0, 0.1) is 0 Å². The average Bonchev–Trinajstić information content (AvgIpc) is 3.02. The van der Waals surface area contributed by atoms with Crippen molar-refractivity contribution < 1.29 is 32.2 Å². The summed E-state index contributed by atoms with van der Waals surface area (Å²) in [4.78, 5) is 25.0. The van der Waals surface area contributed by atoms with Crippen molar-refractivity contribution in [2.24, 2.45) is 5.10 Å². The predicted octanol–water partition coefficient (Wildman–Crippen LogP) is 4.81. The summed E-state index contributed by atoms with van der Waals surface area (Å²) in [5.74, 6) is 1.36. The van der Waals surface area contributed by atoms with Gasteiger partial charge in [0.1, 0.15) is 29.0 Å². The molecule has 4 rings (SSSR count). The van der Waals surface area contributed by atoms with E-state index in [1.54, 1.807) is 92.0 Å². The molecule has 0 aliphatic carbocycles. The van der Waals surface area contributed by atoms with Gasteiger partial charge < -0.3 is 19.5 Å². The van der Waals surface area contributed by atoms with Gasteiger partial charge in [-0.05, 0) is 97.4 Å². The molecule has 4 aromatic rings. The van der Waals surface area contributed by atoms with Crippen molar-refractivity contribution in [2.45, 2.75) is 13.0 Å². The van der Waals surface area contributed by atoms with Crippen LogP contribution in [0.25, 0.3) is 0 Å². The van der Waals surface area contributed by atoms with Gasteiger partial charge in [0.05, 0.1) is 25.3 Å². The first kappa shape index (κ1) is 31.6. The molecule has 0 aromatic heterocycles. The third-order valence-electron chi connectivity index (χ3n) is 6.17. The van der Waals surface area contributed by atoms with Crippen LogP contribution in [0.3, 0.4) is 0 Å². The third kappa shape index (κ3) is 9.07.